The summed E-state index contributed by atoms with van der Waals surface area (Å²) in [7, 11) is -1.33. The van der Waals surface area contributed by atoms with Crippen molar-refractivity contribution in [2.45, 2.75) is 52.4 Å². The number of rotatable bonds is 14. The fourth-order valence-electron chi connectivity index (χ4n) is 2.78. The second kappa shape index (κ2) is 11.7. The largest absolute Gasteiger partial charge is 0.500 e. The average Bonchev–Trinajstić information content (AvgIpc) is 2.69. The molecular weight excluding hydrogens is 382 g/mol. The van der Waals surface area contributed by atoms with Crippen molar-refractivity contribution in [1.82, 2.24) is 13.7 Å². The van der Waals surface area contributed by atoms with Gasteiger partial charge in [0.1, 0.15) is 0 Å². The molecule has 1 atom stereocenters. The van der Waals surface area contributed by atoms with E-state index in [1.807, 2.05) is 13.8 Å². The van der Waals surface area contributed by atoms with Gasteiger partial charge in [-0.15, -0.1) is 13.2 Å². The summed E-state index contributed by atoms with van der Waals surface area (Å²) < 4.78 is 20.2. The second-order valence-corrected chi connectivity index (χ2v) is 8.92. The van der Waals surface area contributed by atoms with Crippen LogP contribution in [-0.2, 0) is 32.9 Å². The van der Waals surface area contributed by atoms with Crippen molar-refractivity contribution in [3.63, 3.8) is 0 Å². The average molecular weight is 414 g/mol. The molecule has 0 fully saturated rings. The van der Waals surface area contributed by atoms with Crippen LogP contribution >= 0.6 is 0 Å². The van der Waals surface area contributed by atoms with Gasteiger partial charge in [0.05, 0.1) is 13.1 Å². The molecular formula is C18H31N3O6Si. The Morgan fingerprint density at radius 3 is 1.89 bits per heavy atom. The molecule has 1 heterocycles. The summed E-state index contributed by atoms with van der Waals surface area (Å²) in [5, 5.41) is 0. The number of allylic oxidation sites excluding steroid dienone is 2. The van der Waals surface area contributed by atoms with Gasteiger partial charge in [0.25, 0.3) is 0 Å². The van der Waals surface area contributed by atoms with E-state index >= 15 is 0 Å². The van der Waals surface area contributed by atoms with E-state index in [1.165, 1.54) is 12.2 Å². The first kappa shape index (κ1) is 24.0. The summed E-state index contributed by atoms with van der Waals surface area (Å²) in [4.78, 5) is 37.7. The Kier molecular flexibility index (Phi) is 10.1. The van der Waals surface area contributed by atoms with Gasteiger partial charge in [0.2, 0.25) is 0 Å². The standard InChI is InChI=1S/C18H31N3O6Si/c1-6-11-19-16(22)20(12-7-2)18(24)21(17(19)23)13-10-15-28(25-5,26-9-4)27-14-8-3/h6-7H,1-2,8-15H2,3-5H3. The SMILES string of the molecule is C=CCn1c(=O)n(CC=C)c(=O)n(CCC[Si](OC)(OCC)OCCC)c1=O. The zero-order valence-corrected chi connectivity index (χ0v) is 18.0. The van der Waals surface area contributed by atoms with Crippen molar-refractivity contribution in [1.29, 1.82) is 0 Å². The molecule has 1 unspecified atom stereocenters. The van der Waals surface area contributed by atoms with E-state index in [9.17, 15) is 14.4 Å². The fraction of sp³-hybridized carbons (Fsp3) is 0.611. The molecule has 0 N–H and O–H groups in total. The number of hydrogen-bond acceptors (Lipinski definition) is 6. The molecule has 0 aliphatic rings. The summed E-state index contributed by atoms with van der Waals surface area (Å²) in [6, 6.07) is 0.450. The lowest BCUT2D eigenvalue weighted by Crippen LogP contribution is -2.54. The lowest BCUT2D eigenvalue weighted by Gasteiger charge is -2.27. The maximum atomic E-state index is 12.6. The normalized spacial score (nSPS) is 13.2. The van der Waals surface area contributed by atoms with Gasteiger partial charge in [0, 0.05) is 32.9 Å². The lowest BCUT2D eigenvalue weighted by atomic mass is 10.4. The maximum absolute atomic E-state index is 12.6. The predicted octanol–water partition coefficient (Wildman–Crippen LogP) is 0.982. The second-order valence-electron chi connectivity index (χ2n) is 6.07. The molecule has 1 aromatic heterocycles. The topological polar surface area (TPSA) is 93.7 Å². The summed E-state index contributed by atoms with van der Waals surface area (Å²) in [6.07, 6.45) is 4.13. The molecule has 28 heavy (non-hydrogen) atoms. The van der Waals surface area contributed by atoms with E-state index in [0.29, 0.717) is 25.7 Å². The van der Waals surface area contributed by atoms with Gasteiger partial charge in [-0.2, -0.15) is 0 Å². The third-order valence-corrected chi connectivity index (χ3v) is 7.04. The van der Waals surface area contributed by atoms with Crippen LogP contribution in [0.1, 0.15) is 26.7 Å². The molecule has 0 aliphatic carbocycles. The van der Waals surface area contributed by atoms with Crippen LogP contribution in [0.5, 0.6) is 0 Å². The first-order chi connectivity index (χ1) is 13.4. The van der Waals surface area contributed by atoms with Crippen LogP contribution in [0.15, 0.2) is 39.7 Å². The molecule has 0 aliphatic heterocycles. The molecule has 158 valence electrons. The van der Waals surface area contributed by atoms with Gasteiger partial charge >= 0.3 is 25.9 Å². The number of aromatic nitrogens is 3. The third kappa shape index (κ3) is 5.74. The molecule has 10 heteroatoms. The fourth-order valence-corrected chi connectivity index (χ4v) is 5.14. The van der Waals surface area contributed by atoms with Gasteiger partial charge in [0.15, 0.2) is 0 Å². The summed E-state index contributed by atoms with van der Waals surface area (Å²) in [5.41, 5.74) is -2.00. The Balaban J connectivity index is 3.18. The Hall–Kier alpha value is -2.01. The number of hydrogen-bond donors (Lipinski definition) is 0. The maximum Gasteiger partial charge on any atom is 0.500 e. The Morgan fingerprint density at radius 1 is 0.929 bits per heavy atom. The van der Waals surface area contributed by atoms with E-state index in [2.05, 4.69) is 13.2 Å². The van der Waals surface area contributed by atoms with Gasteiger partial charge in [-0.1, -0.05) is 19.1 Å². The van der Waals surface area contributed by atoms with E-state index in [1.54, 1.807) is 7.11 Å². The van der Waals surface area contributed by atoms with E-state index in [-0.39, 0.29) is 19.6 Å². The minimum atomic E-state index is -2.87. The van der Waals surface area contributed by atoms with Gasteiger partial charge in [-0.05, 0) is 19.8 Å². The smallest absolute Gasteiger partial charge is 0.377 e. The summed E-state index contributed by atoms with van der Waals surface area (Å²) >= 11 is 0. The molecule has 9 nitrogen and oxygen atoms in total. The van der Waals surface area contributed by atoms with E-state index in [0.717, 1.165) is 20.1 Å². The van der Waals surface area contributed by atoms with Gasteiger partial charge < -0.3 is 13.3 Å². The van der Waals surface area contributed by atoms with Crippen molar-refractivity contribution in [2.75, 3.05) is 20.3 Å². The zero-order chi connectivity index (χ0) is 21.2. The van der Waals surface area contributed by atoms with E-state index < -0.39 is 25.9 Å². The first-order valence-corrected chi connectivity index (χ1v) is 11.3. The monoisotopic (exact) mass is 413 g/mol. The zero-order valence-electron chi connectivity index (χ0n) is 17.0. The minimum Gasteiger partial charge on any atom is -0.377 e. The van der Waals surface area contributed by atoms with Crippen molar-refractivity contribution in [3.05, 3.63) is 56.8 Å². The molecule has 0 saturated carbocycles. The van der Waals surface area contributed by atoms with Crippen molar-refractivity contribution in [3.8, 4) is 0 Å². The van der Waals surface area contributed by atoms with Crippen LogP contribution in [0.4, 0.5) is 0 Å². The molecule has 1 aromatic rings. The van der Waals surface area contributed by atoms with Gasteiger partial charge in [-0.25, -0.2) is 28.1 Å². The molecule has 0 spiro atoms. The molecule has 0 bridgehead atoms. The van der Waals surface area contributed by atoms with Crippen LogP contribution < -0.4 is 17.1 Å². The van der Waals surface area contributed by atoms with Crippen LogP contribution in [0.25, 0.3) is 0 Å². The van der Waals surface area contributed by atoms with Crippen LogP contribution in [0, 0.1) is 0 Å². The minimum absolute atomic E-state index is 0.0183. The summed E-state index contributed by atoms with van der Waals surface area (Å²) in [6.45, 7) is 12.1. The number of nitrogens with zero attached hydrogens (tertiary/aromatic N) is 3. The third-order valence-electron chi connectivity index (χ3n) is 4.07. The Labute approximate surface area is 165 Å². The van der Waals surface area contributed by atoms with Crippen LogP contribution in [-0.4, -0.2) is 42.8 Å². The Bertz CT molecular complexity index is 780. The first-order valence-electron chi connectivity index (χ1n) is 9.40. The lowest BCUT2D eigenvalue weighted by molar-refractivity contribution is 0.0810. The molecule has 0 radical (unpaired) electrons. The van der Waals surface area contributed by atoms with Gasteiger partial charge in [-0.3, -0.25) is 0 Å². The highest BCUT2D eigenvalue weighted by molar-refractivity contribution is 6.60. The van der Waals surface area contributed by atoms with Crippen molar-refractivity contribution in [2.24, 2.45) is 0 Å². The molecule has 0 amide bonds. The van der Waals surface area contributed by atoms with Crippen molar-refractivity contribution >= 4 is 8.80 Å². The van der Waals surface area contributed by atoms with Crippen molar-refractivity contribution < 1.29 is 13.3 Å². The Morgan fingerprint density at radius 2 is 1.46 bits per heavy atom. The molecule has 0 saturated heterocycles. The van der Waals surface area contributed by atoms with E-state index in [4.69, 9.17) is 13.3 Å². The predicted molar refractivity (Wildman–Crippen MR) is 110 cm³/mol. The highest BCUT2D eigenvalue weighted by atomic mass is 28.4. The highest BCUT2D eigenvalue weighted by Crippen LogP contribution is 2.17. The molecule has 1 rings (SSSR count). The molecule has 0 aromatic carbocycles. The quantitative estimate of drug-likeness (QED) is 0.333. The van der Waals surface area contributed by atoms with Crippen LogP contribution in [0.3, 0.4) is 0 Å². The highest BCUT2D eigenvalue weighted by Gasteiger charge is 2.39. The summed E-state index contributed by atoms with van der Waals surface area (Å²) in [5.74, 6) is 0. The van der Waals surface area contributed by atoms with Crippen LogP contribution in [0.2, 0.25) is 6.04 Å².